The summed E-state index contributed by atoms with van der Waals surface area (Å²) in [5.74, 6) is -0.609. The maximum Gasteiger partial charge on any atom is 0.309 e. The summed E-state index contributed by atoms with van der Waals surface area (Å²) >= 11 is 6.00. The largest absolute Gasteiger partial charge is 0.494 e. The molecule has 2 aromatic rings. The van der Waals surface area contributed by atoms with Crippen LogP contribution in [0.3, 0.4) is 0 Å². The topological polar surface area (TPSA) is 67.4 Å². The van der Waals surface area contributed by atoms with E-state index in [0.29, 0.717) is 11.6 Å². The van der Waals surface area contributed by atoms with Crippen molar-refractivity contribution in [2.75, 3.05) is 6.61 Å². The summed E-state index contributed by atoms with van der Waals surface area (Å²) < 4.78 is 5.35. The van der Waals surface area contributed by atoms with E-state index in [1.807, 2.05) is 37.3 Å². The van der Waals surface area contributed by atoms with E-state index >= 15 is 0 Å². The third-order valence-corrected chi connectivity index (χ3v) is 3.66. The number of halogens is 1. The van der Waals surface area contributed by atoms with E-state index in [-0.39, 0.29) is 13.1 Å². The first-order valence-corrected chi connectivity index (χ1v) is 7.99. The van der Waals surface area contributed by atoms with Gasteiger partial charge in [0, 0.05) is 18.1 Å². The second kappa shape index (κ2) is 8.93. The fourth-order valence-electron chi connectivity index (χ4n) is 2.03. The summed E-state index contributed by atoms with van der Waals surface area (Å²) in [6.07, 6.45) is 0. The van der Waals surface area contributed by atoms with Gasteiger partial charge in [0.05, 0.1) is 6.61 Å². The molecule has 0 aromatic heterocycles. The van der Waals surface area contributed by atoms with Crippen LogP contribution in [0.5, 0.6) is 5.75 Å². The van der Waals surface area contributed by atoms with Gasteiger partial charge in [-0.05, 0) is 36.2 Å². The van der Waals surface area contributed by atoms with Gasteiger partial charge < -0.3 is 15.4 Å². The van der Waals surface area contributed by atoms with Gasteiger partial charge in [-0.2, -0.15) is 0 Å². The highest BCUT2D eigenvalue weighted by molar-refractivity contribution is 6.35. The van der Waals surface area contributed by atoms with Crippen molar-refractivity contribution in [2.24, 2.45) is 0 Å². The van der Waals surface area contributed by atoms with Crippen molar-refractivity contribution >= 4 is 23.4 Å². The Morgan fingerprint density at radius 3 is 2.21 bits per heavy atom. The lowest BCUT2D eigenvalue weighted by molar-refractivity contribution is -0.139. The van der Waals surface area contributed by atoms with Crippen molar-refractivity contribution in [3.63, 3.8) is 0 Å². The van der Waals surface area contributed by atoms with Gasteiger partial charge in [0.25, 0.3) is 0 Å². The smallest absolute Gasteiger partial charge is 0.309 e. The second-order valence-electron chi connectivity index (χ2n) is 5.03. The summed E-state index contributed by atoms with van der Waals surface area (Å²) in [7, 11) is 0. The summed E-state index contributed by atoms with van der Waals surface area (Å²) in [4.78, 5) is 23.6. The van der Waals surface area contributed by atoms with Crippen molar-refractivity contribution < 1.29 is 14.3 Å². The van der Waals surface area contributed by atoms with Crippen molar-refractivity contribution in [2.45, 2.75) is 20.0 Å². The fourth-order valence-corrected chi connectivity index (χ4v) is 2.23. The molecule has 0 aliphatic carbocycles. The zero-order chi connectivity index (χ0) is 17.4. The van der Waals surface area contributed by atoms with Crippen LogP contribution in [0.1, 0.15) is 18.1 Å². The molecule has 0 fully saturated rings. The Balaban J connectivity index is 1.79. The number of benzene rings is 2. The standard InChI is InChI=1S/C18H19ClN2O3/c1-2-24-15-9-7-13(8-10-15)11-20-17(22)18(23)21-12-14-5-3-4-6-16(14)19/h3-10H,2,11-12H2,1H3,(H,20,22)(H,21,23). The van der Waals surface area contributed by atoms with E-state index in [9.17, 15) is 9.59 Å². The molecule has 2 N–H and O–H groups in total. The Hall–Kier alpha value is -2.53. The van der Waals surface area contributed by atoms with Crippen molar-refractivity contribution in [3.05, 3.63) is 64.7 Å². The van der Waals surface area contributed by atoms with Crippen LogP contribution in [0.4, 0.5) is 0 Å². The highest BCUT2D eigenvalue weighted by Gasteiger charge is 2.13. The van der Waals surface area contributed by atoms with Gasteiger partial charge in [-0.15, -0.1) is 0 Å². The van der Waals surface area contributed by atoms with Crippen LogP contribution in [0.15, 0.2) is 48.5 Å². The third kappa shape index (κ3) is 5.28. The zero-order valence-electron chi connectivity index (χ0n) is 13.3. The molecular weight excluding hydrogens is 328 g/mol. The molecule has 2 amide bonds. The lowest BCUT2D eigenvalue weighted by atomic mass is 10.2. The maximum atomic E-state index is 11.8. The Bertz CT molecular complexity index is 702. The molecule has 6 heteroatoms. The zero-order valence-corrected chi connectivity index (χ0v) is 14.1. The van der Waals surface area contributed by atoms with Crippen LogP contribution < -0.4 is 15.4 Å². The molecule has 2 rings (SSSR count). The average molecular weight is 347 g/mol. The molecule has 0 atom stereocenters. The van der Waals surface area contributed by atoms with Crippen molar-refractivity contribution in [1.29, 1.82) is 0 Å². The number of rotatable bonds is 6. The second-order valence-corrected chi connectivity index (χ2v) is 5.44. The average Bonchev–Trinajstić information content (AvgIpc) is 2.60. The highest BCUT2D eigenvalue weighted by atomic mass is 35.5. The Kier molecular flexibility index (Phi) is 6.63. The minimum atomic E-state index is -0.694. The van der Waals surface area contributed by atoms with E-state index in [0.717, 1.165) is 16.9 Å². The summed E-state index contributed by atoms with van der Waals surface area (Å²) in [5.41, 5.74) is 1.64. The number of hydrogen-bond donors (Lipinski definition) is 2. The normalized spacial score (nSPS) is 10.1. The monoisotopic (exact) mass is 346 g/mol. The number of hydrogen-bond acceptors (Lipinski definition) is 3. The summed E-state index contributed by atoms with van der Waals surface area (Å²) in [6.45, 7) is 2.98. The van der Waals surface area contributed by atoms with Gasteiger partial charge in [-0.3, -0.25) is 9.59 Å². The predicted molar refractivity (Wildman–Crippen MR) is 92.8 cm³/mol. The molecular formula is C18H19ClN2O3. The van der Waals surface area contributed by atoms with E-state index in [4.69, 9.17) is 16.3 Å². The molecule has 0 aliphatic heterocycles. The number of ether oxygens (including phenoxy) is 1. The molecule has 0 saturated heterocycles. The van der Waals surface area contributed by atoms with Crippen LogP contribution in [0.25, 0.3) is 0 Å². The molecule has 0 spiro atoms. The van der Waals surface area contributed by atoms with Gasteiger partial charge in [0.15, 0.2) is 0 Å². The SMILES string of the molecule is CCOc1ccc(CNC(=O)C(=O)NCc2ccccc2Cl)cc1. The minimum absolute atomic E-state index is 0.203. The van der Waals surface area contributed by atoms with Crippen LogP contribution in [0.2, 0.25) is 5.02 Å². The Morgan fingerprint density at radius 1 is 0.958 bits per heavy atom. The number of nitrogens with one attached hydrogen (secondary N) is 2. The molecule has 5 nitrogen and oxygen atoms in total. The fraction of sp³-hybridized carbons (Fsp3) is 0.222. The molecule has 0 unspecified atom stereocenters. The number of amides is 2. The van der Waals surface area contributed by atoms with E-state index < -0.39 is 11.8 Å². The summed E-state index contributed by atoms with van der Waals surface area (Å²) in [5, 5.41) is 5.67. The molecule has 2 aromatic carbocycles. The highest BCUT2D eigenvalue weighted by Crippen LogP contribution is 2.14. The van der Waals surface area contributed by atoms with Crippen LogP contribution in [0, 0.1) is 0 Å². The van der Waals surface area contributed by atoms with Crippen LogP contribution >= 0.6 is 11.6 Å². The quantitative estimate of drug-likeness (QED) is 0.790. The first-order valence-electron chi connectivity index (χ1n) is 7.61. The van der Waals surface area contributed by atoms with E-state index in [2.05, 4.69) is 10.6 Å². The van der Waals surface area contributed by atoms with Crippen LogP contribution in [-0.4, -0.2) is 18.4 Å². The molecule has 0 saturated carbocycles. The van der Waals surface area contributed by atoms with Crippen LogP contribution in [-0.2, 0) is 22.7 Å². The lowest BCUT2D eigenvalue weighted by Gasteiger charge is -2.08. The molecule has 0 heterocycles. The first kappa shape index (κ1) is 17.8. The maximum absolute atomic E-state index is 11.8. The van der Waals surface area contributed by atoms with Crippen molar-refractivity contribution in [3.8, 4) is 5.75 Å². The lowest BCUT2D eigenvalue weighted by Crippen LogP contribution is -2.39. The van der Waals surface area contributed by atoms with Gasteiger partial charge in [-0.25, -0.2) is 0 Å². The molecule has 0 bridgehead atoms. The summed E-state index contributed by atoms with van der Waals surface area (Å²) in [6, 6.07) is 14.5. The van der Waals surface area contributed by atoms with Crippen molar-refractivity contribution in [1.82, 2.24) is 10.6 Å². The number of carbonyl (C=O) groups excluding carboxylic acids is 2. The third-order valence-electron chi connectivity index (χ3n) is 3.29. The Morgan fingerprint density at radius 2 is 1.58 bits per heavy atom. The molecule has 0 aliphatic rings. The van der Waals surface area contributed by atoms with Gasteiger partial charge in [-0.1, -0.05) is 41.9 Å². The van der Waals surface area contributed by atoms with Gasteiger partial charge >= 0.3 is 11.8 Å². The molecule has 0 radical (unpaired) electrons. The first-order chi connectivity index (χ1) is 11.6. The molecule has 126 valence electrons. The number of carbonyl (C=O) groups is 2. The van der Waals surface area contributed by atoms with E-state index in [1.54, 1.807) is 18.2 Å². The van der Waals surface area contributed by atoms with Gasteiger partial charge in [0.2, 0.25) is 0 Å². The minimum Gasteiger partial charge on any atom is -0.494 e. The predicted octanol–water partition coefficient (Wildman–Crippen LogP) is 2.67. The molecule has 24 heavy (non-hydrogen) atoms. The Labute approximate surface area is 146 Å². The van der Waals surface area contributed by atoms with Gasteiger partial charge in [0.1, 0.15) is 5.75 Å². The van der Waals surface area contributed by atoms with E-state index in [1.165, 1.54) is 0 Å².